The van der Waals surface area contributed by atoms with E-state index in [1.165, 1.54) is 11.8 Å². The van der Waals surface area contributed by atoms with Gasteiger partial charge in [0.05, 0.1) is 10.9 Å². The Labute approximate surface area is 220 Å². The number of halogens is 1. The maximum Gasteiger partial charge on any atom is 0.261 e. The molecule has 0 saturated carbocycles. The number of aromatic nitrogens is 1. The van der Waals surface area contributed by atoms with Crippen molar-refractivity contribution in [3.8, 4) is 0 Å². The van der Waals surface area contributed by atoms with Crippen molar-refractivity contribution >= 4 is 23.4 Å². The summed E-state index contributed by atoms with van der Waals surface area (Å²) in [6, 6.07) is 0. The molecule has 0 spiro atoms. The molecule has 8 heteroatoms. The lowest BCUT2D eigenvalue weighted by molar-refractivity contribution is 0.163. The number of nitrogen functional groups attached to an aromatic ring is 1. The second-order valence-corrected chi connectivity index (χ2v) is 8.23. The summed E-state index contributed by atoms with van der Waals surface area (Å²) in [5.74, 6) is -0.181. The van der Waals surface area contributed by atoms with Crippen LogP contribution in [0.4, 0.5) is 10.1 Å². The minimum Gasteiger partial charge on any atom is -0.397 e. The molecule has 4 N–H and O–H groups in total. The molecule has 1 aliphatic heterocycles. The number of pyridine rings is 1. The van der Waals surface area contributed by atoms with E-state index in [1.54, 1.807) is 19.2 Å². The maximum atomic E-state index is 14.7. The van der Waals surface area contributed by atoms with Crippen LogP contribution < -0.4 is 27.2 Å². The van der Waals surface area contributed by atoms with Crippen molar-refractivity contribution in [3.63, 3.8) is 0 Å². The average molecular weight is 511 g/mol. The highest BCUT2D eigenvalue weighted by Crippen LogP contribution is 2.18. The van der Waals surface area contributed by atoms with Crippen LogP contribution in [-0.4, -0.2) is 60.4 Å². The van der Waals surface area contributed by atoms with Crippen molar-refractivity contribution in [1.82, 2.24) is 20.1 Å². The fourth-order valence-corrected chi connectivity index (χ4v) is 4.39. The summed E-state index contributed by atoms with van der Waals surface area (Å²) in [5, 5.41) is 3.84. The van der Waals surface area contributed by atoms with Crippen LogP contribution in [-0.2, 0) is 0 Å². The van der Waals surface area contributed by atoms with E-state index in [4.69, 9.17) is 5.73 Å². The van der Waals surface area contributed by atoms with Gasteiger partial charge < -0.3 is 25.8 Å². The number of hydrogen-bond donors (Lipinski definition) is 3. The van der Waals surface area contributed by atoms with Gasteiger partial charge in [0.1, 0.15) is 17.2 Å². The molecule has 0 amide bonds. The topological polar surface area (TPSA) is 89.8 Å². The summed E-state index contributed by atoms with van der Waals surface area (Å²) >= 11 is 0. The number of nitrogens with one attached hydrogen (secondary N) is 2. The second kappa shape index (κ2) is 15.0. The van der Waals surface area contributed by atoms with E-state index in [-0.39, 0.29) is 16.5 Å². The first-order chi connectivity index (χ1) is 18.0. The number of likely N-dealkylation sites (N-methyl/N-ethyl adjacent to an activating group) is 1. The first kappa shape index (κ1) is 29.8. The van der Waals surface area contributed by atoms with E-state index in [2.05, 4.69) is 44.2 Å². The van der Waals surface area contributed by atoms with Crippen molar-refractivity contribution in [2.75, 3.05) is 45.5 Å². The van der Waals surface area contributed by atoms with E-state index < -0.39 is 11.4 Å². The molecule has 0 bridgehead atoms. The Balaban J connectivity index is 0.00000115. The molecule has 1 fully saturated rings. The molecule has 2 heterocycles. The number of H-pyrrole nitrogens is 1. The zero-order valence-electron chi connectivity index (χ0n) is 23.2. The minimum atomic E-state index is -0.478. The standard InChI is InChI=1S/C25H31FN6O.2C2H6/c1-3-31-12-14-32(15-13-31)18-9-5-4-8-17(16-18)29-24(28-2)22-23(27)21-19(26)10-6-7-11-20(21)30-25(22)33;2*1-2/h4-6,8,10-11,16H,3,7,9,12-15,27H2,1-2H3,(H,28,29)(H,30,33);2*1-2H3. The molecule has 202 valence electrons. The maximum absolute atomic E-state index is 14.7. The number of piperazine rings is 1. The monoisotopic (exact) mass is 510 g/mol. The van der Waals surface area contributed by atoms with Crippen LogP contribution in [0.15, 0.2) is 57.6 Å². The number of amidine groups is 1. The van der Waals surface area contributed by atoms with Crippen molar-refractivity contribution in [3.05, 3.63) is 74.3 Å². The third kappa shape index (κ3) is 7.32. The number of aromatic amines is 1. The van der Waals surface area contributed by atoms with Crippen LogP contribution in [0.25, 0.3) is 11.9 Å². The molecule has 2 aliphatic carbocycles. The largest absolute Gasteiger partial charge is 0.397 e. The first-order valence-corrected chi connectivity index (χ1v) is 13.4. The van der Waals surface area contributed by atoms with Gasteiger partial charge in [-0.1, -0.05) is 58.9 Å². The number of hydrogen-bond acceptors (Lipinski definition) is 5. The minimum absolute atomic E-state index is 0.0757. The van der Waals surface area contributed by atoms with Gasteiger partial charge >= 0.3 is 0 Å². The Hall–Kier alpha value is -3.39. The molecular formula is C29H43FN6O. The van der Waals surface area contributed by atoms with E-state index >= 15 is 0 Å². The van der Waals surface area contributed by atoms with E-state index in [0.29, 0.717) is 17.6 Å². The third-order valence-corrected chi connectivity index (χ3v) is 6.25. The van der Waals surface area contributed by atoms with Gasteiger partial charge in [0.15, 0.2) is 0 Å². The highest BCUT2D eigenvalue weighted by molar-refractivity contribution is 6.04. The smallest absolute Gasteiger partial charge is 0.261 e. The van der Waals surface area contributed by atoms with Crippen molar-refractivity contribution < 1.29 is 4.39 Å². The fraction of sp³-hybridized carbons (Fsp3) is 0.448. The zero-order chi connectivity index (χ0) is 27.4. The van der Waals surface area contributed by atoms with Crippen molar-refractivity contribution in [2.45, 2.75) is 47.5 Å². The Kier molecular flexibility index (Phi) is 12.1. The SMILES string of the molecule is CC.CC.CCN1CCN(C2=CC(NC(=NC)c3c(N)c4c([nH]c3=O)=CCC=CC=4F)=CC=CC2)CC1. The van der Waals surface area contributed by atoms with Crippen molar-refractivity contribution in [2.24, 2.45) is 4.99 Å². The lowest BCUT2D eigenvalue weighted by atomic mass is 10.1. The van der Waals surface area contributed by atoms with Gasteiger partial charge in [-0.3, -0.25) is 9.79 Å². The normalized spacial score (nSPS) is 17.5. The second-order valence-electron chi connectivity index (χ2n) is 8.23. The Morgan fingerprint density at radius 1 is 1.16 bits per heavy atom. The van der Waals surface area contributed by atoms with E-state index in [1.807, 2.05) is 39.8 Å². The van der Waals surface area contributed by atoms with Crippen LogP contribution in [0.2, 0.25) is 0 Å². The van der Waals surface area contributed by atoms with E-state index in [9.17, 15) is 9.18 Å². The number of aliphatic imine (C=N–C) groups is 1. The lowest BCUT2D eigenvalue weighted by Crippen LogP contribution is -2.45. The molecule has 0 radical (unpaired) electrons. The third-order valence-electron chi connectivity index (χ3n) is 6.25. The summed E-state index contributed by atoms with van der Waals surface area (Å²) in [5.41, 5.74) is 8.13. The highest BCUT2D eigenvalue weighted by atomic mass is 19.1. The number of anilines is 1. The predicted octanol–water partition coefficient (Wildman–Crippen LogP) is 3.16. The van der Waals surface area contributed by atoms with Crippen LogP contribution in [0.3, 0.4) is 0 Å². The summed E-state index contributed by atoms with van der Waals surface area (Å²) in [6.07, 6.45) is 14.3. The number of rotatable bonds is 4. The molecule has 4 rings (SSSR count). The highest BCUT2D eigenvalue weighted by Gasteiger charge is 2.20. The number of nitrogens with two attached hydrogens (primary N) is 1. The number of allylic oxidation sites excluding steroid dienone is 6. The van der Waals surface area contributed by atoms with Gasteiger partial charge in [-0.05, 0) is 31.2 Å². The first-order valence-electron chi connectivity index (χ1n) is 13.4. The number of fused-ring (bicyclic) bond motifs is 1. The lowest BCUT2D eigenvalue weighted by Gasteiger charge is -2.36. The predicted molar refractivity (Wildman–Crippen MR) is 155 cm³/mol. The van der Waals surface area contributed by atoms with Gasteiger partial charge in [-0.2, -0.15) is 0 Å². The van der Waals surface area contributed by atoms with Crippen LogP contribution in [0, 0.1) is 0 Å². The van der Waals surface area contributed by atoms with Gasteiger partial charge in [-0.25, -0.2) is 4.39 Å². The van der Waals surface area contributed by atoms with Crippen LogP contribution >= 0.6 is 0 Å². The molecule has 37 heavy (non-hydrogen) atoms. The molecule has 7 nitrogen and oxygen atoms in total. The Bertz CT molecular complexity index is 1240. The van der Waals surface area contributed by atoms with Gasteiger partial charge in [0.2, 0.25) is 0 Å². The molecule has 0 aromatic carbocycles. The van der Waals surface area contributed by atoms with E-state index in [0.717, 1.165) is 44.8 Å². The van der Waals surface area contributed by atoms with Crippen molar-refractivity contribution in [1.29, 1.82) is 0 Å². The molecule has 3 aliphatic rings. The van der Waals surface area contributed by atoms with Gasteiger partial charge in [-0.15, -0.1) is 0 Å². The molecule has 1 aromatic heterocycles. The van der Waals surface area contributed by atoms with Gasteiger partial charge in [0, 0.05) is 56.4 Å². The Morgan fingerprint density at radius 2 is 1.86 bits per heavy atom. The van der Waals surface area contributed by atoms with Crippen LogP contribution in [0.1, 0.15) is 53.0 Å². The molecule has 0 unspecified atom stereocenters. The quantitative estimate of drug-likeness (QED) is 0.428. The number of nitrogens with zero attached hydrogens (tertiary/aromatic N) is 3. The molecular weight excluding hydrogens is 467 g/mol. The summed E-state index contributed by atoms with van der Waals surface area (Å²) in [6.45, 7) is 15.3. The van der Waals surface area contributed by atoms with Gasteiger partial charge in [0.25, 0.3) is 5.56 Å². The molecule has 0 atom stereocenters. The summed E-state index contributed by atoms with van der Waals surface area (Å²) in [4.78, 5) is 24.8. The summed E-state index contributed by atoms with van der Waals surface area (Å²) < 4.78 is 14.7. The average Bonchev–Trinajstić information content (AvgIpc) is 3.28. The Morgan fingerprint density at radius 3 is 2.51 bits per heavy atom. The molecule has 1 aromatic rings. The summed E-state index contributed by atoms with van der Waals surface area (Å²) in [7, 11) is 1.58. The fourth-order valence-electron chi connectivity index (χ4n) is 4.39. The molecule has 1 saturated heterocycles. The zero-order valence-corrected chi connectivity index (χ0v) is 23.2. The van der Waals surface area contributed by atoms with Crippen LogP contribution in [0.5, 0.6) is 0 Å².